The van der Waals surface area contributed by atoms with Crippen LogP contribution in [0.15, 0.2) is 24.3 Å². The number of piperidine rings is 2. The van der Waals surface area contributed by atoms with Crippen molar-refractivity contribution in [2.75, 3.05) is 39.8 Å². The molecule has 1 aromatic rings. The van der Waals surface area contributed by atoms with Gasteiger partial charge in [-0.15, -0.1) is 0 Å². The predicted octanol–water partition coefficient (Wildman–Crippen LogP) is 2.73. The highest BCUT2D eigenvalue weighted by Crippen LogP contribution is 2.32. The number of carbonyl (C=O) groups excluding carboxylic acids is 1. The summed E-state index contributed by atoms with van der Waals surface area (Å²) in [5.41, 5.74) is 0. The molecule has 2 saturated heterocycles. The molecule has 0 radical (unpaired) electrons. The maximum Gasteiger partial charge on any atom is 0.317 e. The van der Waals surface area contributed by atoms with Crippen molar-refractivity contribution in [2.24, 2.45) is 5.92 Å². The van der Waals surface area contributed by atoms with E-state index in [1.807, 2.05) is 36.2 Å². The number of ether oxygens (including phenoxy) is 2. The Hall–Kier alpha value is -1.95. The van der Waals surface area contributed by atoms with E-state index in [9.17, 15) is 4.79 Å². The van der Waals surface area contributed by atoms with Gasteiger partial charge in [0.25, 0.3) is 0 Å². The number of hydrogen-bond donors (Lipinski definition) is 1. The lowest BCUT2D eigenvalue weighted by atomic mass is 9.83. The van der Waals surface area contributed by atoms with Gasteiger partial charge in [0.15, 0.2) is 17.6 Å². The normalized spacial score (nSPS) is 27.5. The molecule has 3 aliphatic rings. The van der Waals surface area contributed by atoms with Crippen LogP contribution in [0.5, 0.6) is 11.5 Å². The van der Waals surface area contributed by atoms with Gasteiger partial charge in [0.2, 0.25) is 0 Å². The van der Waals surface area contributed by atoms with E-state index >= 15 is 0 Å². The molecule has 6 nitrogen and oxygen atoms in total. The van der Waals surface area contributed by atoms with E-state index < -0.39 is 0 Å². The first kappa shape index (κ1) is 18.4. The van der Waals surface area contributed by atoms with Crippen LogP contribution in [0.4, 0.5) is 4.79 Å². The standard InChI is InChI=1S/C21H31N3O3/c1-23(14-16-7-6-12-24-11-5-4-8-18(16)24)21(25)22-13-17-15-26-19-9-2-3-10-20(19)27-17/h2-3,9-10,16-18H,4-8,11-15H2,1H3,(H,22,25)/t16-,17+,18+/m0/s1. The fourth-order valence-corrected chi connectivity index (χ4v) is 4.72. The first-order valence-electron chi connectivity index (χ1n) is 10.3. The van der Waals surface area contributed by atoms with Crippen LogP contribution in [0.3, 0.4) is 0 Å². The molecule has 3 atom stereocenters. The highest BCUT2D eigenvalue weighted by Gasteiger charge is 2.34. The quantitative estimate of drug-likeness (QED) is 0.882. The van der Waals surface area contributed by atoms with Gasteiger partial charge < -0.3 is 24.6 Å². The number of nitrogens with zero attached hydrogens (tertiary/aromatic N) is 2. The lowest BCUT2D eigenvalue weighted by Crippen LogP contribution is -2.52. The van der Waals surface area contributed by atoms with E-state index in [0.717, 1.165) is 18.0 Å². The van der Waals surface area contributed by atoms with Crippen LogP contribution in [0.1, 0.15) is 32.1 Å². The van der Waals surface area contributed by atoms with Crippen LogP contribution in [-0.2, 0) is 0 Å². The summed E-state index contributed by atoms with van der Waals surface area (Å²) in [5, 5.41) is 3.01. The Morgan fingerprint density at radius 2 is 2.00 bits per heavy atom. The summed E-state index contributed by atoms with van der Waals surface area (Å²) in [6, 6.07) is 8.29. The zero-order valence-corrected chi connectivity index (χ0v) is 16.2. The van der Waals surface area contributed by atoms with Crippen molar-refractivity contribution in [1.82, 2.24) is 15.1 Å². The van der Waals surface area contributed by atoms with E-state index in [4.69, 9.17) is 9.47 Å². The fourth-order valence-electron chi connectivity index (χ4n) is 4.72. The Kier molecular flexibility index (Phi) is 5.72. The molecule has 0 saturated carbocycles. The summed E-state index contributed by atoms with van der Waals surface area (Å²) in [5.74, 6) is 2.11. The maximum atomic E-state index is 12.6. The van der Waals surface area contributed by atoms with E-state index in [0.29, 0.717) is 25.1 Å². The monoisotopic (exact) mass is 373 g/mol. The molecule has 2 fully saturated rings. The summed E-state index contributed by atoms with van der Waals surface area (Å²) in [7, 11) is 1.91. The average molecular weight is 373 g/mol. The van der Waals surface area contributed by atoms with Gasteiger partial charge in [-0.1, -0.05) is 18.6 Å². The van der Waals surface area contributed by atoms with E-state index in [1.165, 1.54) is 45.2 Å². The number of amides is 2. The highest BCUT2D eigenvalue weighted by atomic mass is 16.6. The molecular formula is C21H31N3O3. The molecule has 6 heteroatoms. The Labute approximate surface area is 161 Å². The van der Waals surface area contributed by atoms with Gasteiger partial charge in [-0.3, -0.25) is 0 Å². The second kappa shape index (κ2) is 8.38. The second-order valence-electron chi connectivity index (χ2n) is 8.07. The maximum absolute atomic E-state index is 12.6. The van der Waals surface area contributed by atoms with Gasteiger partial charge in [0, 0.05) is 19.6 Å². The number of carbonyl (C=O) groups is 1. The zero-order valence-electron chi connectivity index (χ0n) is 16.2. The molecule has 27 heavy (non-hydrogen) atoms. The van der Waals surface area contributed by atoms with Crippen molar-refractivity contribution >= 4 is 6.03 Å². The largest absolute Gasteiger partial charge is 0.486 e. The molecule has 0 unspecified atom stereocenters. The van der Waals surface area contributed by atoms with E-state index in [-0.39, 0.29) is 12.1 Å². The molecule has 1 N–H and O–H groups in total. The van der Waals surface area contributed by atoms with Gasteiger partial charge in [-0.05, 0) is 56.8 Å². The molecule has 0 aliphatic carbocycles. The number of urea groups is 1. The molecule has 0 bridgehead atoms. The average Bonchev–Trinajstić information content (AvgIpc) is 2.72. The summed E-state index contributed by atoms with van der Waals surface area (Å²) < 4.78 is 11.6. The summed E-state index contributed by atoms with van der Waals surface area (Å²) in [6.07, 6.45) is 6.27. The molecule has 1 aromatic carbocycles. The highest BCUT2D eigenvalue weighted by molar-refractivity contribution is 5.73. The number of benzene rings is 1. The molecule has 148 valence electrons. The number of rotatable bonds is 4. The second-order valence-corrected chi connectivity index (χ2v) is 8.07. The van der Waals surface area contributed by atoms with Crippen LogP contribution in [0.25, 0.3) is 0 Å². The molecule has 3 aliphatic heterocycles. The fraction of sp³-hybridized carbons (Fsp3) is 0.667. The minimum Gasteiger partial charge on any atom is -0.486 e. The topological polar surface area (TPSA) is 54.0 Å². The smallest absolute Gasteiger partial charge is 0.317 e. The van der Waals surface area contributed by atoms with Crippen LogP contribution in [0, 0.1) is 5.92 Å². The lowest BCUT2D eigenvalue weighted by molar-refractivity contribution is 0.0481. The van der Waals surface area contributed by atoms with Crippen LogP contribution in [0.2, 0.25) is 0 Å². The first-order chi connectivity index (χ1) is 13.2. The Bertz CT molecular complexity index is 651. The lowest BCUT2D eigenvalue weighted by Gasteiger charge is -2.45. The number of hydrogen-bond acceptors (Lipinski definition) is 4. The van der Waals surface area contributed by atoms with Gasteiger partial charge in [0.1, 0.15) is 6.61 Å². The van der Waals surface area contributed by atoms with E-state index in [1.54, 1.807) is 0 Å². The summed E-state index contributed by atoms with van der Waals surface area (Å²) in [6.45, 7) is 4.21. The van der Waals surface area contributed by atoms with Crippen molar-refractivity contribution in [3.63, 3.8) is 0 Å². The molecule has 0 aromatic heterocycles. The third kappa shape index (κ3) is 4.32. The Balaban J connectivity index is 1.25. The van der Waals surface area contributed by atoms with Gasteiger partial charge in [0.05, 0.1) is 6.54 Å². The molecule has 2 amide bonds. The molecule has 4 rings (SSSR count). The molecule has 0 spiro atoms. The number of para-hydroxylation sites is 2. The minimum absolute atomic E-state index is 0.0228. The summed E-state index contributed by atoms with van der Waals surface area (Å²) >= 11 is 0. The first-order valence-corrected chi connectivity index (χ1v) is 10.3. The van der Waals surface area contributed by atoms with Crippen molar-refractivity contribution in [3.8, 4) is 11.5 Å². The van der Waals surface area contributed by atoms with Crippen molar-refractivity contribution in [3.05, 3.63) is 24.3 Å². The van der Waals surface area contributed by atoms with Crippen LogP contribution >= 0.6 is 0 Å². The van der Waals surface area contributed by atoms with Crippen molar-refractivity contribution < 1.29 is 14.3 Å². The summed E-state index contributed by atoms with van der Waals surface area (Å²) in [4.78, 5) is 17.1. The Morgan fingerprint density at radius 3 is 2.89 bits per heavy atom. The van der Waals surface area contributed by atoms with Gasteiger partial charge in [-0.25, -0.2) is 4.79 Å². The van der Waals surface area contributed by atoms with Crippen LogP contribution < -0.4 is 14.8 Å². The third-order valence-electron chi connectivity index (χ3n) is 6.13. The van der Waals surface area contributed by atoms with Gasteiger partial charge in [-0.2, -0.15) is 0 Å². The van der Waals surface area contributed by atoms with Crippen LogP contribution in [-0.4, -0.2) is 67.8 Å². The minimum atomic E-state index is -0.152. The third-order valence-corrected chi connectivity index (χ3v) is 6.13. The Morgan fingerprint density at radius 1 is 1.19 bits per heavy atom. The van der Waals surface area contributed by atoms with Gasteiger partial charge >= 0.3 is 6.03 Å². The zero-order chi connectivity index (χ0) is 18.6. The molecule has 3 heterocycles. The predicted molar refractivity (Wildman–Crippen MR) is 104 cm³/mol. The van der Waals surface area contributed by atoms with Crippen molar-refractivity contribution in [2.45, 2.75) is 44.2 Å². The van der Waals surface area contributed by atoms with Crippen molar-refractivity contribution in [1.29, 1.82) is 0 Å². The molecular weight excluding hydrogens is 342 g/mol. The number of fused-ring (bicyclic) bond motifs is 2. The van der Waals surface area contributed by atoms with E-state index in [2.05, 4.69) is 10.2 Å². The SMILES string of the molecule is CN(C[C@@H]1CCCN2CCCC[C@H]12)C(=O)NC[C@@H]1COc2ccccc2O1. The number of nitrogens with one attached hydrogen (secondary N) is 1.